The lowest BCUT2D eigenvalue weighted by molar-refractivity contribution is 0.0661. The highest BCUT2D eigenvalue weighted by atomic mass is 16.3. The Bertz CT molecular complexity index is 230. The number of rotatable bonds is 1. The van der Waals surface area contributed by atoms with Crippen LogP contribution in [0.2, 0.25) is 0 Å². The Morgan fingerprint density at radius 2 is 1.82 bits per heavy atom. The molecule has 11 heavy (non-hydrogen) atoms. The molecule has 0 radical (unpaired) electrons. The van der Waals surface area contributed by atoms with Gasteiger partial charge in [-0.3, -0.25) is 0 Å². The van der Waals surface area contributed by atoms with Crippen molar-refractivity contribution in [1.29, 1.82) is 0 Å². The monoisotopic (exact) mass is 148 g/mol. The van der Waals surface area contributed by atoms with Gasteiger partial charge in [-0.05, 0) is 18.4 Å². The van der Waals surface area contributed by atoms with Crippen molar-refractivity contribution >= 4 is 0 Å². The first-order valence-electron chi connectivity index (χ1n) is 4.11. The molecule has 0 aliphatic heterocycles. The fraction of sp³-hybridized carbons (Fsp3) is 0.400. The molecule has 2 atom stereocenters. The Kier molecular flexibility index (Phi) is 1.66. The van der Waals surface area contributed by atoms with E-state index in [2.05, 4.69) is 12.1 Å². The van der Waals surface area contributed by atoms with Gasteiger partial charge in [0.25, 0.3) is 0 Å². The fourth-order valence-electron chi connectivity index (χ4n) is 1.57. The van der Waals surface area contributed by atoms with E-state index in [9.17, 15) is 5.11 Å². The molecule has 1 nitrogen and oxygen atoms in total. The zero-order chi connectivity index (χ0) is 7.68. The highest BCUT2D eigenvalue weighted by Crippen LogP contribution is 2.36. The summed E-state index contributed by atoms with van der Waals surface area (Å²) in [7, 11) is 0. The van der Waals surface area contributed by atoms with E-state index in [1.54, 1.807) is 0 Å². The molecule has 1 heteroatoms. The van der Waals surface area contributed by atoms with Gasteiger partial charge in [-0.2, -0.15) is 0 Å². The largest absolute Gasteiger partial charge is 0.392 e. The Balaban J connectivity index is 2.17. The topological polar surface area (TPSA) is 20.2 Å². The van der Waals surface area contributed by atoms with E-state index in [-0.39, 0.29) is 6.10 Å². The van der Waals surface area contributed by atoms with Crippen molar-refractivity contribution in [2.75, 3.05) is 0 Å². The van der Waals surface area contributed by atoms with Gasteiger partial charge < -0.3 is 5.11 Å². The maximum Gasteiger partial charge on any atom is 0.0609 e. The predicted molar refractivity (Wildman–Crippen MR) is 44.4 cm³/mol. The molecule has 0 bridgehead atoms. The van der Waals surface area contributed by atoms with Crippen LogP contribution in [0, 0.1) is 0 Å². The standard InChI is InChI=1S/C10H12O/c11-10-7-6-9(10)8-4-2-1-3-5-8/h1-5,9-11H,6-7H2. The average Bonchev–Trinajstić information content (AvgIpc) is 2.04. The van der Waals surface area contributed by atoms with Gasteiger partial charge in [0.1, 0.15) is 0 Å². The minimum atomic E-state index is -0.0857. The summed E-state index contributed by atoms with van der Waals surface area (Å²) in [4.78, 5) is 0. The number of benzene rings is 1. The zero-order valence-electron chi connectivity index (χ0n) is 6.40. The number of hydrogen-bond acceptors (Lipinski definition) is 1. The lowest BCUT2D eigenvalue weighted by Gasteiger charge is -2.32. The lowest BCUT2D eigenvalue weighted by Crippen LogP contribution is -2.28. The van der Waals surface area contributed by atoms with E-state index in [4.69, 9.17) is 0 Å². The van der Waals surface area contributed by atoms with Gasteiger partial charge in [0.05, 0.1) is 6.10 Å². The molecule has 1 fully saturated rings. The summed E-state index contributed by atoms with van der Waals surface area (Å²) < 4.78 is 0. The van der Waals surface area contributed by atoms with Gasteiger partial charge in [-0.15, -0.1) is 0 Å². The average molecular weight is 148 g/mol. The predicted octanol–water partition coefficient (Wildman–Crippen LogP) is 1.92. The van der Waals surface area contributed by atoms with Crippen molar-refractivity contribution in [2.45, 2.75) is 24.9 Å². The molecule has 1 aliphatic rings. The summed E-state index contributed by atoms with van der Waals surface area (Å²) in [5.74, 6) is 0.413. The summed E-state index contributed by atoms with van der Waals surface area (Å²) in [5.41, 5.74) is 1.28. The molecule has 1 saturated carbocycles. The van der Waals surface area contributed by atoms with E-state index >= 15 is 0 Å². The summed E-state index contributed by atoms with van der Waals surface area (Å²) >= 11 is 0. The highest BCUT2D eigenvalue weighted by Gasteiger charge is 2.29. The second kappa shape index (κ2) is 2.67. The van der Waals surface area contributed by atoms with Crippen molar-refractivity contribution in [2.24, 2.45) is 0 Å². The minimum Gasteiger partial charge on any atom is -0.392 e. The first-order valence-corrected chi connectivity index (χ1v) is 4.11. The molecule has 1 aromatic rings. The smallest absolute Gasteiger partial charge is 0.0609 e. The van der Waals surface area contributed by atoms with Crippen LogP contribution in [0.25, 0.3) is 0 Å². The van der Waals surface area contributed by atoms with E-state index < -0.39 is 0 Å². The van der Waals surface area contributed by atoms with Crippen LogP contribution >= 0.6 is 0 Å². The Morgan fingerprint density at radius 3 is 2.27 bits per heavy atom. The first-order chi connectivity index (χ1) is 5.38. The summed E-state index contributed by atoms with van der Waals surface area (Å²) in [6.07, 6.45) is 2.03. The maximum atomic E-state index is 9.36. The van der Waals surface area contributed by atoms with Crippen molar-refractivity contribution in [3.63, 3.8) is 0 Å². The van der Waals surface area contributed by atoms with Crippen molar-refractivity contribution in [1.82, 2.24) is 0 Å². The molecule has 1 N–H and O–H groups in total. The molecule has 1 aromatic carbocycles. The van der Waals surface area contributed by atoms with E-state index in [1.165, 1.54) is 5.56 Å². The van der Waals surface area contributed by atoms with Crippen LogP contribution in [0.4, 0.5) is 0 Å². The van der Waals surface area contributed by atoms with Crippen LogP contribution in [0.1, 0.15) is 24.3 Å². The molecular weight excluding hydrogens is 136 g/mol. The van der Waals surface area contributed by atoms with E-state index in [0.29, 0.717) is 5.92 Å². The van der Waals surface area contributed by atoms with Gasteiger partial charge in [0.2, 0.25) is 0 Å². The van der Waals surface area contributed by atoms with Crippen molar-refractivity contribution < 1.29 is 5.11 Å². The maximum absolute atomic E-state index is 9.36. The van der Waals surface area contributed by atoms with Gasteiger partial charge in [-0.25, -0.2) is 0 Å². The highest BCUT2D eigenvalue weighted by molar-refractivity contribution is 5.22. The summed E-state index contributed by atoms with van der Waals surface area (Å²) in [5, 5.41) is 9.36. The van der Waals surface area contributed by atoms with Gasteiger partial charge in [0, 0.05) is 5.92 Å². The third kappa shape index (κ3) is 1.16. The SMILES string of the molecule is OC1CCC1c1ccccc1. The van der Waals surface area contributed by atoms with Crippen LogP contribution < -0.4 is 0 Å². The molecule has 0 heterocycles. The second-order valence-corrected chi connectivity index (χ2v) is 3.16. The molecular formula is C10H12O. The van der Waals surface area contributed by atoms with Crippen LogP contribution in [0.5, 0.6) is 0 Å². The Morgan fingerprint density at radius 1 is 1.09 bits per heavy atom. The van der Waals surface area contributed by atoms with E-state index in [0.717, 1.165) is 12.8 Å². The van der Waals surface area contributed by atoms with Crippen LogP contribution in [-0.4, -0.2) is 11.2 Å². The lowest BCUT2D eigenvalue weighted by atomic mass is 9.77. The van der Waals surface area contributed by atoms with Crippen LogP contribution in [-0.2, 0) is 0 Å². The van der Waals surface area contributed by atoms with Gasteiger partial charge >= 0.3 is 0 Å². The number of aliphatic hydroxyl groups excluding tert-OH is 1. The number of aliphatic hydroxyl groups is 1. The van der Waals surface area contributed by atoms with Crippen molar-refractivity contribution in [3.05, 3.63) is 35.9 Å². The Hall–Kier alpha value is -0.820. The van der Waals surface area contributed by atoms with Crippen molar-refractivity contribution in [3.8, 4) is 0 Å². The second-order valence-electron chi connectivity index (χ2n) is 3.16. The quantitative estimate of drug-likeness (QED) is 0.645. The molecule has 0 saturated heterocycles. The Labute approximate surface area is 66.7 Å². The molecule has 2 rings (SSSR count). The third-order valence-corrected chi connectivity index (χ3v) is 2.47. The molecule has 1 aliphatic carbocycles. The first kappa shape index (κ1) is 6.86. The van der Waals surface area contributed by atoms with Gasteiger partial charge in [-0.1, -0.05) is 30.3 Å². The van der Waals surface area contributed by atoms with E-state index in [1.807, 2.05) is 18.2 Å². The minimum absolute atomic E-state index is 0.0857. The summed E-state index contributed by atoms with van der Waals surface area (Å²) in [6, 6.07) is 10.2. The summed E-state index contributed by atoms with van der Waals surface area (Å²) in [6.45, 7) is 0. The molecule has 2 unspecified atom stereocenters. The molecule has 58 valence electrons. The molecule has 0 aromatic heterocycles. The molecule has 0 amide bonds. The van der Waals surface area contributed by atoms with Crippen LogP contribution in [0.15, 0.2) is 30.3 Å². The normalized spacial score (nSPS) is 29.5. The zero-order valence-corrected chi connectivity index (χ0v) is 6.40. The fourth-order valence-corrected chi connectivity index (χ4v) is 1.57. The number of hydrogen-bond donors (Lipinski definition) is 1. The molecule has 0 spiro atoms. The third-order valence-electron chi connectivity index (χ3n) is 2.47. The van der Waals surface area contributed by atoms with Gasteiger partial charge in [0.15, 0.2) is 0 Å². The van der Waals surface area contributed by atoms with Crippen LogP contribution in [0.3, 0.4) is 0 Å².